The highest BCUT2D eigenvalue weighted by atomic mass is 32.2. The molecule has 1 aromatic carbocycles. The minimum absolute atomic E-state index is 0.123. The van der Waals surface area contributed by atoms with E-state index in [0.29, 0.717) is 50.5 Å². The summed E-state index contributed by atoms with van der Waals surface area (Å²) in [7, 11) is -1.48. The minimum atomic E-state index is -3.52. The second kappa shape index (κ2) is 7.50. The molecule has 2 saturated heterocycles. The summed E-state index contributed by atoms with van der Waals surface area (Å²) in [6.45, 7) is 6.47. The van der Waals surface area contributed by atoms with Crippen molar-refractivity contribution in [1.82, 2.24) is 14.1 Å². The molecule has 2 fully saturated rings. The van der Waals surface area contributed by atoms with E-state index in [4.69, 9.17) is 0 Å². The van der Waals surface area contributed by atoms with Gasteiger partial charge in [-0.3, -0.25) is 9.69 Å². The van der Waals surface area contributed by atoms with Gasteiger partial charge in [0.15, 0.2) is 0 Å². The third-order valence-electron chi connectivity index (χ3n) is 5.70. The first kappa shape index (κ1) is 19.1. The quantitative estimate of drug-likeness (QED) is 0.747. The maximum Gasteiger partial charge on any atom is 0.243 e. The summed E-state index contributed by atoms with van der Waals surface area (Å²) in [5.41, 5.74) is -0.300. The fourth-order valence-electron chi connectivity index (χ4n) is 3.95. The number of piperazine rings is 1. The lowest BCUT2D eigenvalue weighted by molar-refractivity contribution is -0.130. The van der Waals surface area contributed by atoms with Crippen molar-refractivity contribution in [1.29, 1.82) is 0 Å². The number of benzene rings is 1. The number of likely N-dealkylation sites (N-methyl/N-ethyl adjacent to an activating group) is 1. The van der Waals surface area contributed by atoms with E-state index in [9.17, 15) is 13.2 Å². The summed E-state index contributed by atoms with van der Waals surface area (Å²) in [5.74, 6) is 0.123. The molecule has 1 atom stereocenters. The van der Waals surface area contributed by atoms with Crippen LogP contribution in [0.1, 0.15) is 19.3 Å². The fraction of sp³-hybridized carbons (Fsp3) is 0.526. The Labute approximate surface area is 156 Å². The smallest absolute Gasteiger partial charge is 0.243 e. The van der Waals surface area contributed by atoms with Gasteiger partial charge in [0.25, 0.3) is 0 Å². The Morgan fingerprint density at radius 2 is 1.88 bits per heavy atom. The number of rotatable bonds is 4. The highest BCUT2D eigenvalue weighted by molar-refractivity contribution is 7.89. The molecular weight excluding hydrogens is 350 g/mol. The van der Waals surface area contributed by atoms with Crippen LogP contribution in [-0.4, -0.2) is 73.7 Å². The van der Waals surface area contributed by atoms with Crippen molar-refractivity contribution in [2.75, 3.05) is 39.8 Å². The molecule has 1 spiro atoms. The molecule has 3 rings (SSSR count). The van der Waals surface area contributed by atoms with Crippen molar-refractivity contribution in [3.63, 3.8) is 0 Å². The first-order valence-electron chi connectivity index (χ1n) is 9.04. The molecule has 26 heavy (non-hydrogen) atoms. The molecular formula is C19H27N3O3S. The molecule has 2 heterocycles. The summed E-state index contributed by atoms with van der Waals surface area (Å²) in [6, 6.07) is 8.59. The number of hydrogen-bond donors (Lipinski definition) is 0. The van der Waals surface area contributed by atoms with Gasteiger partial charge in [-0.2, -0.15) is 4.31 Å². The van der Waals surface area contributed by atoms with Crippen LogP contribution in [0, 0.1) is 0 Å². The maximum atomic E-state index is 13.1. The van der Waals surface area contributed by atoms with Gasteiger partial charge >= 0.3 is 0 Å². The SMILES string of the molecule is C=CCN1CC[C@@]2(CCC1=O)CN(S(=O)(=O)c1ccccc1)CCN2C. The number of amides is 1. The van der Waals surface area contributed by atoms with Crippen molar-refractivity contribution in [3.05, 3.63) is 43.0 Å². The molecule has 1 aromatic rings. The fourth-order valence-corrected chi connectivity index (χ4v) is 5.48. The third-order valence-corrected chi connectivity index (χ3v) is 7.56. The molecule has 0 unspecified atom stereocenters. The number of hydrogen-bond acceptors (Lipinski definition) is 4. The zero-order valence-corrected chi connectivity index (χ0v) is 16.1. The lowest BCUT2D eigenvalue weighted by atomic mass is 9.87. The Balaban J connectivity index is 1.84. The Morgan fingerprint density at radius 1 is 1.15 bits per heavy atom. The van der Waals surface area contributed by atoms with E-state index in [1.807, 2.05) is 18.0 Å². The van der Waals surface area contributed by atoms with Gasteiger partial charge < -0.3 is 4.90 Å². The molecule has 142 valence electrons. The molecule has 0 aromatic heterocycles. The second-order valence-electron chi connectivity index (χ2n) is 7.18. The van der Waals surface area contributed by atoms with Crippen LogP contribution >= 0.6 is 0 Å². The number of sulfonamides is 1. The predicted molar refractivity (Wildman–Crippen MR) is 101 cm³/mol. The van der Waals surface area contributed by atoms with Crippen molar-refractivity contribution in [2.45, 2.75) is 29.7 Å². The first-order chi connectivity index (χ1) is 12.4. The first-order valence-corrected chi connectivity index (χ1v) is 10.5. The Hall–Kier alpha value is -1.70. The molecule has 0 bridgehead atoms. The maximum absolute atomic E-state index is 13.1. The van der Waals surface area contributed by atoms with E-state index >= 15 is 0 Å². The molecule has 0 radical (unpaired) electrons. The molecule has 0 N–H and O–H groups in total. The molecule has 1 amide bonds. The van der Waals surface area contributed by atoms with Crippen LogP contribution in [0.25, 0.3) is 0 Å². The van der Waals surface area contributed by atoms with Gasteiger partial charge in [0.1, 0.15) is 0 Å². The van der Waals surface area contributed by atoms with Gasteiger partial charge in [-0.15, -0.1) is 6.58 Å². The van der Waals surface area contributed by atoms with E-state index in [1.165, 1.54) is 0 Å². The molecule has 2 aliphatic heterocycles. The van der Waals surface area contributed by atoms with Crippen LogP contribution in [0.5, 0.6) is 0 Å². The molecule has 0 aliphatic carbocycles. The topological polar surface area (TPSA) is 60.9 Å². The van der Waals surface area contributed by atoms with E-state index < -0.39 is 10.0 Å². The van der Waals surface area contributed by atoms with Crippen molar-refractivity contribution >= 4 is 15.9 Å². The van der Waals surface area contributed by atoms with Gasteiger partial charge in [0.2, 0.25) is 15.9 Å². The standard InChI is InChI=1S/C19H27N3O3S/c1-3-12-21-13-11-19(10-9-18(21)23)16-22(15-14-20(19)2)26(24,25)17-7-5-4-6-8-17/h3-8H,1,9-16H2,2H3/t19-/m0/s1. The van der Waals surface area contributed by atoms with E-state index in [1.54, 1.807) is 34.6 Å². The number of carbonyl (C=O) groups is 1. The average molecular weight is 378 g/mol. The average Bonchev–Trinajstić information content (AvgIpc) is 2.80. The summed E-state index contributed by atoms with van der Waals surface area (Å²) in [4.78, 5) is 16.8. The highest BCUT2D eigenvalue weighted by Crippen LogP contribution is 2.34. The summed E-state index contributed by atoms with van der Waals surface area (Å²) in [5, 5.41) is 0. The zero-order chi connectivity index (χ0) is 18.8. The third kappa shape index (κ3) is 3.56. The van der Waals surface area contributed by atoms with Crippen LogP contribution in [0.3, 0.4) is 0 Å². The van der Waals surface area contributed by atoms with Crippen LogP contribution in [0.2, 0.25) is 0 Å². The summed E-state index contributed by atoms with van der Waals surface area (Å²) in [6.07, 6.45) is 3.63. The van der Waals surface area contributed by atoms with Crippen LogP contribution < -0.4 is 0 Å². The molecule has 7 heteroatoms. The van der Waals surface area contributed by atoms with Crippen molar-refractivity contribution < 1.29 is 13.2 Å². The van der Waals surface area contributed by atoms with Crippen molar-refractivity contribution in [3.8, 4) is 0 Å². The Morgan fingerprint density at radius 3 is 2.58 bits per heavy atom. The van der Waals surface area contributed by atoms with E-state index in [0.717, 1.165) is 6.42 Å². The van der Waals surface area contributed by atoms with Gasteiger partial charge in [0.05, 0.1) is 4.90 Å². The van der Waals surface area contributed by atoms with Gasteiger partial charge in [-0.25, -0.2) is 8.42 Å². The normalized spacial score (nSPS) is 26.0. The number of likely N-dealkylation sites (tertiary alicyclic amines) is 1. The summed E-state index contributed by atoms with van der Waals surface area (Å²) >= 11 is 0. The largest absolute Gasteiger partial charge is 0.339 e. The van der Waals surface area contributed by atoms with E-state index in [-0.39, 0.29) is 11.4 Å². The predicted octanol–water partition coefficient (Wildman–Crippen LogP) is 1.56. The highest BCUT2D eigenvalue weighted by Gasteiger charge is 2.45. The minimum Gasteiger partial charge on any atom is -0.339 e. The molecule has 0 saturated carbocycles. The number of carbonyl (C=O) groups excluding carboxylic acids is 1. The van der Waals surface area contributed by atoms with Crippen LogP contribution in [0.15, 0.2) is 47.9 Å². The monoisotopic (exact) mass is 377 g/mol. The van der Waals surface area contributed by atoms with E-state index in [2.05, 4.69) is 11.5 Å². The van der Waals surface area contributed by atoms with Gasteiger partial charge in [-0.1, -0.05) is 24.3 Å². The second-order valence-corrected chi connectivity index (χ2v) is 9.11. The Bertz CT molecular complexity index is 765. The van der Waals surface area contributed by atoms with Crippen molar-refractivity contribution in [2.24, 2.45) is 0 Å². The Kier molecular flexibility index (Phi) is 5.50. The molecule has 6 nitrogen and oxygen atoms in total. The van der Waals surface area contributed by atoms with Gasteiger partial charge in [-0.05, 0) is 32.0 Å². The zero-order valence-electron chi connectivity index (χ0n) is 15.3. The van der Waals surface area contributed by atoms with Crippen LogP contribution in [0.4, 0.5) is 0 Å². The molecule has 2 aliphatic rings. The lowest BCUT2D eigenvalue weighted by Crippen LogP contribution is -2.62. The lowest BCUT2D eigenvalue weighted by Gasteiger charge is -2.48. The van der Waals surface area contributed by atoms with Gasteiger partial charge in [0, 0.05) is 44.7 Å². The van der Waals surface area contributed by atoms with Crippen LogP contribution in [-0.2, 0) is 14.8 Å². The number of nitrogens with zero attached hydrogens (tertiary/aromatic N) is 3. The summed E-state index contributed by atoms with van der Waals surface area (Å²) < 4.78 is 27.7.